The van der Waals surface area contributed by atoms with E-state index in [-0.39, 0.29) is 11.6 Å². The summed E-state index contributed by atoms with van der Waals surface area (Å²) in [4.78, 5) is 5.25. The summed E-state index contributed by atoms with van der Waals surface area (Å²) in [7, 11) is 3.44. The minimum absolute atomic E-state index is 0.0118. The molecule has 0 aliphatic rings. The molecule has 0 saturated carbocycles. The van der Waals surface area contributed by atoms with E-state index in [9.17, 15) is 8.78 Å². The van der Waals surface area contributed by atoms with Crippen molar-refractivity contribution in [1.82, 2.24) is 14.8 Å². The number of aryl methyl sites for hydroxylation is 1. The summed E-state index contributed by atoms with van der Waals surface area (Å²) in [6.45, 7) is 0.406. The zero-order valence-corrected chi connectivity index (χ0v) is 10.1. The SMILES string of the molecule is CN(Cc1cnn(C)c1)c1nc(N)c(F)cc1F. The number of nitrogens with two attached hydrogens (primary N) is 1. The Balaban J connectivity index is 2.23. The zero-order chi connectivity index (χ0) is 13.3. The molecule has 0 atom stereocenters. The number of nitrogen functional groups attached to an aromatic ring is 1. The van der Waals surface area contributed by atoms with Crippen molar-refractivity contribution in [2.24, 2.45) is 7.05 Å². The first-order valence-electron chi connectivity index (χ1n) is 5.27. The van der Waals surface area contributed by atoms with Gasteiger partial charge in [0.05, 0.1) is 6.20 Å². The summed E-state index contributed by atoms with van der Waals surface area (Å²) in [5.41, 5.74) is 6.22. The number of nitrogens with zero attached hydrogens (tertiary/aromatic N) is 4. The van der Waals surface area contributed by atoms with Crippen LogP contribution in [0.2, 0.25) is 0 Å². The number of pyridine rings is 1. The maximum absolute atomic E-state index is 13.6. The molecule has 0 aliphatic carbocycles. The first-order chi connectivity index (χ1) is 8.47. The van der Waals surface area contributed by atoms with Gasteiger partial charge in [-0.2, -0.15) is 5.10 Å². The van der Waals surface area contributed by atoms with Crippen LogP contribution in [0, 0.1) is 11.6 Å². The Bertz CT molecular complexity index is 567. The molecule has 0 aromatic carbocycles. The Kier molecular flexibility index (Phi) is 3.14. The van der Waals surface area contributed by atoms with Crippen molar-refractivity contribution in [2.75, 3.05) is 17.7 Å². The minimum atomic E-state index is -0.856. The fourth-order valence-electron chi connectivity index (χ4n) is 1.64. The van der Waals surface area contributed by atoms with Gasteiger partial charge in [-0.1, -0.05) is 0 Å². The van der Waals surface area contributed by atoms with Crippen LogP contribution < -0.4 is 10.6 Å². The lowest BCUT2D eigenvalue weighted by atomic mass is 10.3. The minimum Gasteiger partial charge on any atom is -0.381 e. The molecule has 0 unspecified atom stereocenters. The molecule has 0 radical (unpaired) electrons. The van der Waals surface area contributed by atoms with E-state index < -0.39 is 11.6 Å². The number of aromatic nitrogens is 3. The van der Waals surface area contributed by atoms with E-state index in [0.29, 0.717) is 6.54 Å². The third kappa shape index (κ3) is 2.39. The lowest BCUT2D eigenvalue weighted by molar-refractivity contribution is 0.574. The Morgan fingerprint density at radius 2 is 2.11 bits per heavy atom. The van der Waals surface area contributed by atoms with Gasteiger partial charge in [-0.3, -0.25) is 4.68 Å². The topological polar surface area (TPSA) is 60.0 Å². The molecule has 2 N–H and O–H groups in total. The molecule has 2 heterocycles. The molecule has 5 nitrogen and oxygen atoms in total. The third-order valence-electron chi connectivity index (χ3n) is 2.48. The van der Waals surface area contributed by atoms with Gasteiger partial charge in [0.25, 0.3) is 0 Å². The van der Waals surface area contributed by atoms with Crippen molar-refractivity contribution in [1.29, 1.82) is 0 Å². The van der Waals surface area contributed by atoms with Crippen LogP contribution in [0.3, 0.4) is 0 Å². The predicted octanol–water partition coefficient (Wildman–Crippen LogP) is 1.31. The second-order valence-corrected chi connectivity index (χ2v) is 4.04. The van der Waals surface area contributed by atoms with E-state index >= 15 is 0 Å². The largest absolute Gasteiger partial charge is 0.381 e. The number of hydrogen-bond acceptors (Lipinski definition) is 4. The lowest BCUT2D eigenvalue weighted by Crippen LogP contribution is -2.19. The molecule has 0 spiro atoms. The van der Waals surface area contributed by atoms with Gasteiger partial charge in [0, 0.05) is 38.5 Å². The zero-order valence-electron chi connectivity index (χ0n) is 10.1. The number of rotatable bonds is 3. The Labute approximate surface area is 103 Å². The second kappa shape index (κ2) is 4.59. The molecule has 0 aliphatic heterocycles. The molecule has 2 rings (SSSR count). The number of hydrogen-bond donors (Lipinski definition) is 1. The highest BCUT2D eigenvalue weighted by Gasteiger charge is 2.14. The molecular formula is C11H13F2N5. The van der Waals surface area contributed by atoms with E-state index in [1.165, 1.54) is 0 Å². The van der Waals surface area contributed by atoms with Gasteiger partial charge in [-0.25, -0.2) is 13.8 Å². The van der Waals surface area contributed by atoms with E-state index in [1.54, 1.807) is 36.1 Å². The Hall–Kier alpha value is -2.18. The van der Waals surface area contributed by atoms with Gasteiger partial charge in [0.2, 0.25) is 0 Å². The molecule has 0 saturated heterocycles. The van der Waals surface area contributed by atoms with E-state index in [0.717, 1.165) is 11.6 Å². The monoisotopic (exact) mass is 253 g/mol. The van der Waals surface area contributed by atoms with Crippen LogP contribution >= 0.6 is 0 Å². The molecule has 2 aromatic heterocycles. The standard InChI is InChI=1S/C11H13F2N5/c1-17(5-7-4-15-18(2)6-7)11-9(13)3-8(12)10(14)16-11/h3-4,6H,5H2,1-2H3,(H2,14,16). The summed E-state index contributed by atoms with van der Waals surface area (Å²) in [6.07, 6.45) is 3.47. The first kappa shape index (κ1) is 12.3. The normalized spacial score (nSPS) is 10.7. The summed E-state index contributed by atoms with van der Waals surface area (Å²) >= 11 is 0. The van der Waals surface area contributed by atoms with Crippen LogP contribution in [-0.4, -0.2) is 21.8 Å². The fourth-order valence-corrected chi connectivity index (χ4v) is 1.64. The van der Waals surface area contributed by atoms with Crippen molar-refractivity contribution in [2.45, 2.75) is 6.54 Å². The predicted molar refractivity (Wildman–Crippen MR) is 63.9 cm³/mol. The molecule has 0 fully saturated rings. The highest BCUT2D eigenvalue weighted by atomic mass is 19.1. The summed E-state index contributed by atoms with van der Waals surface area (Å²) < 4.78 is 28.2. The average molecular weight is 253 g/mol. The van der Waals surface area contributed by atoms with Gasteiger partial charge in [-0.15, -0.1) is 0 Å². The van der Waals surface area contributed by atoms with E-state index in [4.69, 9.17) is 5.73 Å². The average Bonchev–Trinajstić information content (AvgIpc) is 2.69. The Morgan fingerprint density at radius 3 is 2.72 bits per heavy atom. The Morgan fingerprint density at radius 1 is 1.39 bits per heavy atom. The molecular weight excluding hydrogens is 240 g/mol. The van der Waals surface area contributed by atoms with Crippen LogP contribution in [0.4, 0.5) is 20.4 Å². The van der Waals surface area contributed by atoms with Crippen molar-refractivity contribution in [3.05, 3.63) is 35.7 Å². The quantitative estimate of drug-likeness (QED) is 0.896. The summed E-state index contributed by atoms with van der Waals surface area (Å²) in [5.74, 6) is -1.90. The van der Waals surface area contributed by atoms with Gasteiger partial charge < -0.3 is 10.6 Å². The molecule has 2 aromatic rings. The summed E-state index contributed by atoms with van der Waals surface area (Å²) in [6, 6.07) is 0.734. The van der Waals surface area contributed by atoms with Crippen molar-refractivity contribution >= 4 is 11.6 Å². The highest BCUT2D eigenvalue weighted by molar-refractivity contribution is 5.46. The second-order valence-electron chi connectivity index (χ2n) is 4.04. The van der Waals surface area contributed by atoms with Crippen molar-refractivity contribution in [3.8, 4) is 0 Å². The van der Waals surface area contributed by atoms with E-state index in [1.807, 2.05) is 0 Å². The van der Waals surface area contributed by atoms with Crippen LogP contribution in [-0.2, 0) is 13.6 Å². The van der Waals surface area contributed by atoms with Gasteiger partial charge in [-0.05, 0) is 0 Å². The number of anilines is 2. The van der Waals surface area contributed by atoms with Gasteiger partial charge in [0.1, 0.15) is 0 Å². The van der Waals surface area contributed by atoms with Crippen LogP contribution in [0.15, 0.2) is 18.5 Å². The summed E-state index contributed by atoms with van der Waals surface area (Å²) in [5, 5.41) is 4.01. The van der Waals surface area contributed by atoms with Crippen LogP contribution in [0.5, 0.6) is 0 Å². The fraction of sp³-hybridized carbons (Fsp3) is 0.273. The maximum Gasteiger partial charge on any atom is 0.168 e. The molecule has 0 bridgehead atoms. The first-order valence-corrected chi connectivity index (χ1v) is 5.27. The molecule has 0 amide bonds. The van der Waals surface area contributed by atoms with Crippen LogP contribution in [0.1, 0.15) is 5.56 Å². The third-order valence-corrected chi connectivity index (χ3v) is 2.48. The highest BCUT2D eigenvalue weighted by Crippen LogP contribution is 2.20. The smallest absolute Gasteiger partial charge is 0.168 e. The molecule has 18 heavy (non-hydrogen) atoms. The van der Waals surface area contributed by atoms with Crippen molar-refractivity contribution < 1.29 is 8.78 Å². The molecule has 7 heteroatoms. The molecule has 96 valence electrons. The number of halogens is 2. The maximum atomic E-state index is 13.6. The van der Waals surface area contributed by atoms with E-state index in [2.05, 4.69) is 10.1 Å². The lowest BCUT2D eigenvalue weighted by Gasteiger charge is -2.18. The van der Waals surface area contributed by atoms with Gasteiger partial charge in [0.15, 0.2) is 23.3 Å². The van der Waals surface area contributed by atoms with Crippen LogP contribution in [0.25, 0.3) is 0 Å². The van der Waals surface area contributed by atoms with Gasteiger partial charge >= 0.3 is 0 Å². The van der Waals surface area contributed by atoms with Crippen molar-refractivity contribution in [3.63, 3.8) is 0 Å².